The van der Waals surface area contributed by atoms with Crippen LogP contribution in [0.15, 0.2) is 53.4 Å². The summed E-state index contributed by atoms with van der Waals surface area (Å²) in [5.74, 6) is -0.771. The van der Waals surface area contributed by atoms with E-state index in [4.69, 9.17) is 4.98 Å². The molecular weight excluding hydrogens is 425 g/mol. The van der Waals surface area contributed by atoms with Gasteiger partial charge in [-0.2, -0.15) is 4.31 Å². The lowest BCUT2D eigenvalue weighted by Gasteiger charge is -2.35. The number of para-hydroxylation sites is 1. The number of nitrogens with zero attached hydrogens (tertiary/aromatic N) is 3. The molecule has 2 aromatic carbocycles. The SMILES string of the molecule is CN(CC(=O)N1CCCCC1c1nc2ccccc2s1)S(=O)(=O)c1ccc(F)cc1. The van der Waals surface area contributed by atoms with Gasteiger partial charge in [-0.25, -0.2) is 17.8 Å². The second-order valence-corrected chi connectivity index (χ2v) is 10.4. The molecule has 0 N–H and O–H groups in total. The van der Waals surface area contributed by atoms with Crippen LogP contribution >= 0.6 is 11.3 Å². The molecule has 30 heavy (non-hydrogen) atoms. The Balaban J connectivity index is 1.54. The molecule has 0 spiro atoms. The van der Waals surface area contributed by atoms with Crippen LogP contribution in [0.2, 0.25) is 0 Å². The third kappa shape index (κ3) is 4.10. The third-order valence-corrected chi connectivity index (χ3v) is 8.25. The Morgan fingerprint density at radius 2 is 1.93 bits per heavy atom. The molecule has 1 saturated heterocycles. The molecule has 0 bridgehead atoms. The van der Waals surface area contributed by atoms with Gasteiger partial charge in [-0.15, -0.1) is 11.3 Å². The van der Waals surface area contributed by atoms with Gasteiger partial charge in [0.2, 0.25) is 15.9 Å². The summed E-state index contributed by atoms with van der Waals surface area (Å²) in [5, 5.41) is 0.883. The number of amides is 1. The number of carbonyl (C=O) groups is 1. The number of fused-ring (bicyclic) bond motifs is 1. The number of hydrogen-bond donors (Lipinski definition) is 0. The van der Waals surface area contributed by atoms with Crippen LogP contribution in [0.1, 0.15) is 30.3 Å². The fraction of sp³-hybridized carbons (Fsp3) is 0.333. The third-order valence-electron chi connectivity index (χ3n) is 5.30. The highest BCUT2D eigenvalue weighted by atomic mass is 32.2. The van der Waals surface area contributed by atoms with Crippen molar-refractivity contribution in [3.63, 3.8) is 0 Å². The molecule has 4 rings (SSSR count). The number of carbonyl (C=O) groups excluding carboxylic acids is 1. The van der Waals surface area contributed by atoms with Crippen molar-refractivity contribution in [1.29, 1.82) is 0 Å². The highest BCUT2D eigenvalue weighted by Gasteiger charge is 2.32. The first-order valence-corrected chi connectivity index (χ1v) is 12.0. The van der Waals surface area contributed by atoms with Crippen LogP contribution in [0.3, 0.4) is 0 Å². The highest BCUT2D eigenvalue weighted by Crippen LogP contribution is 2.35. The molecular formula is C21H22FN3O3S2. The number of halogens is 1. The number of likely N-dealkylation sites (N-methyl/N-ethyl adjacent to an activating group) is 1. The Labute approximate surface area is 179 Å². The molecule has 6 nitrogen and oxygen atoms in total. The van der Waals surface area contributed by atoms with Gasteiger partial charge in [0.15, 0.2) is 0 Å². The Bertz CT molecular complexity index is 1130. The van der Waals surface area contributed by atoms with Gasteiger partial charge in [0.05, 0.1) is 27.7 Å². The van der Waals surface area contributed by atoms with Crippen molar-refractivity contribution in [1.82, 2.24) is 14.2 Å². The molecule has 1 fully saturated rings. The predicted molar refractivity (Wildman–Crippen MR) is 114 cm³/mol. The fourth-order valence-electron chi connectivity index (χ4n) is 3.67. The molecule has 2 heterocycles. The van der Waals surface area contributed by atoms with Crippen LogP contribution in [0.25, 0.3) is 10.2 Å². The molecule has 1 aliphatic heterocycles. The number of benzene rings is 2. The number of rotatable bonds is 5. The van der Waals surface area contributed by atoms with Gasteiger partial charge in [0.25, 0.3) is 0 Å². The van der Waals surface area contributed by atoms with E-state index in [1.807, 2.05) is 24.3 Å². The van der Waals surface area contributed by atoms with Gasteiger partial charge in [0, 0.05) is 13.6 Å². The minimum atomic E-state index is -3.89. The molecule has 1 aromatic heterocycles. The number of piperidine rings is 1. The molecule has 9 heteroatoms. The van der Waals surface area contributed by atoms with Crippen LogP contribution in [0.5, 0.6) is 0 Å². The van der Waals surface area contributed by atoms with Crippen molar-refractivity contribution in [2.24, 2.45) is 0 Å². The molecule has 1 amide bonds. The maximum Gasteiger partial charge on any atom is 0.243 e. The minimum Gasteiger partial charge on any atom is -0.332 e. The van der Waals surface area contributed by atoms with Gasteiger partial charge in [-0.1, -0.05) is 12.1 Å². The van der Waals surface area contributed by atoms with E-state index >= 15 is 0 Å². The Kier molecular flexibility index (Phi) is 5.86. The normalized spacial score (nSPS) is 17.6. The number of thiazole rings is 1. The molecule has 1 unspecified atom stereocenters. The number of aromatic nitrogens is 1. The predicted octanol–water partition coefficient (Wildman–Crippen LogP) is 3.81. The summed E-state index contributed by atoms with van der Waals surface area (Å²) in [5.41, 5.74) is 0.909. The van der Waals surface area contributed by atoms with Crippen molar-refractivity contribution in [3.8, 4) is 0 Å². The van der Waals surface area contributed by atoms with Crippen molar-refractivity contribution < 1.29 is 17.6 Å². The number of sulfonamides is 1. The van der Waals surface area contributed by atoms with E-state index in [0.29, 0.717) is 6.54 Å². The average molecular weight is 448 g/mol. The van der Waals surface area contributed by atoms with E-state index in [1.54, 1.807) is 16.2 Å². The minimum absolute atomic E-state index is 0.0411. The Morgan fingerprint density at radius 3 is 2.67 bits per heavy atom. The van der Waals surface area contributed by atoms with Gasteiger partial charge >= 0.3 is 0 Å². The monoisotopic (exact) mass is 447 g/mol. The zero-order chi connectivity index (χ0) is 21.3. The first-order valence-electron chi connectivity index (χ1n) is 9.73. The molecule has 0 radical (unpaired) electrons. The maximum atomic E-state index is 13.1. The Morgan fingerprint density at radius 1 is 1.20 bits per heavy atom. The van der Waals surface area contributed by atoms with E-state index < -0.39 is 15.8 Å². The molecule has 3 aromatic rings. The summed E-state index contributed by atoms with van der Waals surface area (Å²) < 4.78 is 40.7. The number of hydrogen-bond acceptors (Lipinski definition) is 5. The van der Waals surface area contributed by atoms with Gasteiger partial charge in [-0.3, -0.25) is 4.79 Å². The second kappa shape index (κ2) is 8.41. The largest absolute Gasteiger partial charge is 0.332 e. The van der Waals surface area contributed by atoms with Gasteiger partial charge in [0.1, 0.15) is 10.8 Å². The van der Waals surface area contributed by atoms with Gasteiger partial charge < -0.3 is 4.90 Å². The van der Waals surface area contributed by atoms with Crippen LogP contribution in [-0.2, 0) is 14.8 Å². The number of likely N-dealkylation sites (tertiary alicyclic amines) is 1. The van der Waals surface area contributed by atoms with Gasteiger partial charge in [-0.05, 0) is 55.7 Å². The molecule has 0 saturated carbocycles. The van der Waals surface area contributed by atoms with Crippen LogP contribution in [-0.4, -0.2) is 48.7 Å². The lowest BCUT2D eigenvalue weighted by molar-refractivity contribution is -0.135. The first kappa shape index (κ1) is 20.9. The van der Waals surface area contributed by atoms with E-state index in [0.717, 1.165) is 50.9 Å². The summed E-state index contributed by atoms with van der Waals surface area (Å²) in [4.78, 5) is 19.5. The van der Waals surface area contributed by atoms with E-state index in [-0.39, 0.29) is 23.4 Å². The van der Waals surface area contributed by atoms with E-state index in [1.165, 1.54) is 19.2 Å². The first-order chi connectivity index (χ1) is 14.4. The van der Waals surface area contributed by atoms with E-state index in [2.05, 4.69) is 0 Å². The lowest BCUT2D eigenvalue weighted by atomic mass is 10.0. The molecule has 158 valence electrons. The van der Waals surface area contributed by atoms with Crippen molar-refractivity contribution in [2.75, 3.05) is 20.1 Å². The molecule has 1 aliphatic rings. The van der Waals surface area contributed by atoms with Crippen molar-refractivity contribution in [2.45, 2.75) is 30.2 Å². The second-order valence-electron chi connectivity index (χ2n) is 7.33. The lowest BCUT2D eigenvalue weighted by Crippen LogP contribution is -2.44. The van der Waals surface area contributed by atoms with Crippen molar-refractivity contribution in [3.05, 3.63) is 59.4 Å². The summed E-state index contributed by atoms with van der Waals surface area (Å²) in [7, 11) is -2.52. The van der Waals surface area contributed by atoms with Crippen molar-refractivity contribution >= 4 is 37.5 Å². The Hall–Kier alpha value is -2.36. The summed E-state index contributed by atoms with van der Waals surface area (Å²) in [6.45, 7) is 0.297. The summed E-state index contributed by atoms with van der Waals surface area (Å²) in [6.07, 6.45) is 2.68. The van der Waals surface area contributed by atoms with Crippen LogP contribution in [0.4, 0.5) is 4.39 Å². The zero-order valence-corrected chi connectivity index (χ0v) is 18.1. The maximum absolute atomic E-state index is 13.1. The quantitative estimate of drug-likeness (QED) is 0.596. The molecule has 1 atom stereocenters. The molecule has 0 aliphatic carbocycles. The zero-order valence-electron chi connectivity index (χ0n) is 16.5. The summed E-state index contributed by atoms with van der Waals surface area (Å²) in [6, 6.07) is 12.3. The smallest absolute Gasteiger partial charge is 0.243 e. The fourth-order valence-corrected chi connectivity index (χ4v) is 5.91. The average Bonchev–Trinajstić information content (AvgIpc) is 3.18. The van der Waals surface area contributed by atoms with Crippen LogP contribution in [0, 0.1) is 5.82 Å². The van der Waals surface area contributed by atoms with Crippen LogP contribution < -0.4 is 0 Å². The summed E-state index contributed by atoms with van der Waals surface area (Å²) >= 11 is 1.58. The standard InChI is InChI=1S/C21H22FN3O3S2/c1-24(30(27,28)16-11-9-15(22)10-12-16)14-20(26)25-13-5-4-7-18(25)21-23-17-6-2-3-8-19(17)29-21/h2-3,6,8-12,18H,4-5,7,13-14H2,1H3. The highest BCUT2D eigenvalue weighted by molar-refractivity contribution is 7.89. The topological polar surface area (TPSA) is 70.6 Å². The van der Waals surface area contributed by atoms with E-state index in [9.17, 15) is 17.6 Å².